The summed E-state index contributed by atoms with van der Waals surface area (Å²) in [4.78, 5) is 2.53. The standard InChI is InChI=1S/C13H26N2/c1-3-4-5-6-7-9-15-10-8-12(2)13(14)11-15/h3,12-13H,1,4-11,14H2,2H3. The molecule has 0 radical (unpaired) electrons. The number of rotatable bonds is 6. The molecule has 2 heteroatoms. The van der Waals surface area contributed by atoms with E-state index in [1.807, 2.05) is 6.08 Å². The highest BCUT2D eigenvalue weighted by Gasteiger charge is 2.22. The van der Waals surface area contributed by atoms with Gasteiger partial charge in [-0.15, -0.1) is 6.58 Å². The molecule has 0 aromatic heterocycles. The third kappa shape index (κ3) is 4.80. The number of hydrogen-bond donors (Lipinski definition) is 1. The second kappa shape index (κ2) is 7.02. The van der Waals surface area contributed by atoms with Crippen LogP contribution in [0.4, 0.5) is 0 Å². The highest BCUT2D eigenvalue weighted by molar-refractivity contribution is 4.80. The van der Waals surface area contributed by atoms with Gasteiger partial charge in [0, 0.05) is 12.6 Å². The molecule has 0 aromatic carbocycles. The Morgan fingerprint density at radius 1 is 1.40 bits per heavy atom. The summed E-state index contributed by atoms with van der Waals surface area (Å²) in [7, 11) is 0. The summed E-state index contributed by atoms with van der Waals surface area (Å²) < 4.78 is 0. The van der Waals surface area contributed by atoms with Crippen LogP contribution in [-0.4, -0.2) is 30.6 Å². The lowest BCUT2D eigenvalue weighted by Gasteiger charge is -2.35. The van der Waals surface area contributed by atoms with Gasteiger partial charge in [-0.25, -0.2) is 0 Å². The molecule has 0 aliphatic carbocycles. The van der Waals surface area contributed by atoms with Crippen molar-refractivity contribution < 1.29 is 0 Å². The van der Waals surface area contributed by atoms with Gasteiger partial charge in [0.05, 0.1) is 0 Å². The summed E-state index contributed by atoms with van der Waals surface area (Å²) in [5.41, 5.74) is 6.07. The van der Waals surface area contributed by atoms with E-state index in [9.17, 15) is 0 Å². The summed E-state index contributed by atoms with van der Waals surface area (Å²) in [6.45, 7) is 9.59. The zero-order chi connectivity index (χ0) is 11.1. The highest BCUT2D eigenvalue weighted by atomic mass is 15.1. The molecule has 2 nitrogen and oxygen atoms in total. The van der Waals surface area contributed by atoms with Gasteiger partial charge in [-0.2, -0.15) is 0 Å². The Hall–Kier alpha value is -0.340. The van der Waals surface area contributed by atoms with Gasteiger partial charge in [0.25, 0.3) is 0 Å². The normalized spacial score (nSPS) is 27.9. The minimum Gasteiger partial charge on any atom is -0.326 e. The SMILES string of the molecule is C=CCCCCCN1CCC(C)C(N)C1. The monoisotopic (exact) mass is 210 g/mol. The fraction of sp³-hybridized carbons (Fsp3) is 0.846. The van der Waals surface area contributed by atoms with Crippen molar-refractivity contribution in [1.82, 2.24) is 4.90 Å². The molecule has 1 rings (SSSR count). The molecule has 1 heterocycles. The Morgan fingerprint density at radius 2 is 2.20 bits per heavy atom. The molecule has 2 atom stereocenters. The van der Waals surface area contributed by atoms with Crippen LogP contribution < -0.4 is 5.73 Å². The van der Waals surface area contributed by atoms with E-state index in [1.54, 1.807) is 0 Å². The molecule has 1 saturated heterocycles. The van der Waals surface area contributed by atoms with Gasteiger partial charge < -0.3 is 10.6 Å². The number of likely N-dealkylation sites (tertiary alicyclic amines) is 1. The van der Waals surface area contributed by atoms with Gasteiger partial charge >= 0.3 is 0 Å². The van der Waals surface area contributed by atoms with Crippen molar-refractivity contribution in [2.45, 2.75) is 45.1 Å². The number of allylic oxidation sites excluding steroid dienone is 1. The second-order valence-corrected chi connectivity index (χ2v) is 4.87. The Kier molecular flexibility index (Phi) is 5.96. The molecule has 2 N–H and O–H groups in total. The number of nitrogens with zero attached hydrogens (tertiary/aromatic N) is 1. The number of piperidine rings is 1. The molecule has 15 heavy (non-hydrogen) atoms. The topological polar surface area (TPSA) is 29.3 Å². The molecule has 0 amide bonds. The zero-order valence-electron chi connectivity index (χ0n) is 10.1. The Bertz CT molecular complexity index is 179. The minimum atomic E-state index is 0.395. The first-order valence-corrected chi connectivity index (χ1v) is 6.33. The lowest BCUT2D eigenvalue weighted by Crippen LogP contribution is -2.47. The predicted octanol–water partition coefficient (Wildman–Crippen LogP) is 2.40. The van der Waals surface area contributed by atoms with Crippen LogP contribution in [0.2, 0.25) is 0 Å². The summed E-state index contributed by atoms with van der Waals surface area (Å²) in [5.74, 6) is 0.710. The largest absolute Gasteiger partial charge is 0.326 e. The van der Waals surface area contributed by atoms with Crippen molar-refractivity contribution in [3.63, 3.8) is 0 Å². The van der Waals surface area contributed by atoms with E-state index in [1.165, 1.54) is 38.8 Å². The van der Waals surface area contributed by atoms with Crippen LogP contribution in [0.5, 0.6) is 0 Å². The van der Waals surface area contributed by atoms with Crippen molar-refractivity contribution in [2.75, 3.05) is 19.6 Å². The summed E-state index contributed by atoms with van der Waals surface area (Å²) in [6, 6.07) is 0.395. The molecule has 1 aliphatic rings. The van der Waals surface area contributed by atoms with Gasteiger partial charge in [-0.05, 0) is 44.7 Å². The molecule has 0 bridgehead atoms. The summed E-state index contributed by atoms with van der Waals surface area (Å²) in [5, 5.41) is 0. The van der Waals surface area contributed by atoms with Gasteiger partial charge in [-0.3, -0.25) is 0 Å². The van der Waals surface area contributed by atoms with Crippen molar-refractivity contribution in [3.05, 3.63) is 12.7 Å². The lowest BCUT2D eigenvalue weighted by molar-refractivity contribution is 0.166. The van der Waals surface area contributed by atoms with E-state index in [0.717, 1.165) is 13.0 Å². The molecule has 0 saturated carbocycles. The fourth-order valence-corrected chi connectivity index (χ4v) is 2.17. The van der Waals surface area contributed by atoms with Crippen LogP contribution in [0.3, 0.4) is 0 Å². The van der Waals surface area contributed by atoms with Crippen LogP contribution in [0, 0.1) is 5.92 Å². The van der Waals surface area contributed by atoms with E-state index < -0.39 is 0 Å². The van der Waals surface area contributed by atoms with E-state index in [4.69, 9.17) is 5.73 Å². The van der Waals surface area contributed by atoms with Gasteiger partial charge in [0.2, 0.25) is 0 Å². The van der Waals surface area contributed by atoms with Crippen molar-refractivity contribution in [1.29, 1.82) is 0 Å². The van der Waals surface area contributed by atoms with Crippen LogP contribution in [-0.2, 0) is 0 Å². The maximum absolute atomic E-state index is 6.07. The van der Waals surface area contributed by atoms with Crippen molar-refractivity contribution >= 4 is 0 Å². The maximum Gasteiger partial charge on any atom is 0.0194 e. The van der Waals surface area contributed by atoms with Crippen LogP contribution in [0.25, 0.3) is 0 Å². The van der Waals surface area contributed by atoms with Crippen LogP contribution >= 0.6 is 0 Å². The van der Waals surface area contributed by atoms with Crippen molar-refractivity contribution in [3.8, 4) is 0 Å². The van der Waals surface area contributed by atoms with Crippen LogP contribution in [0.1, 0.15) is 39.0 Å². The Labute approximate surface area is 94.5 Å². The highest BCUT2D eigenvalue weighted by Crippen LogP contribution is 2.15. The molecule has 88 valence electrons. The number of nitrogens with two attached hydrogens (primary N) is 1. The molecule has 2 unspecified atom stereocenters. The fourth-order valence-electron chi connectivity index (χ4n) is 2.17. The van der Waals surface area contributed by atoms with Gasteiger partial charge in [0.1, 0.15) is 0 Å². The third-order valence-corrected chi connectivity index (χ3v) is 3.48. The molecular formula is C13H26N2. The van der Waals surface area contributed by atoms with Crippen LogP contribution in [0.15, 0.2) is 12.7 Å². The lowest BCUT2D eigenvalue weighted by atomic mass is 9.94. The average molecular weight is 210 g/mol. The maximum atomic E-state index is 6.07. The predicted molar refractivity (Wildman–Crippen MR) is 66.9 cm³/mol. The molecular weight excluding hydrogens is 184 g/mol. The number of unbranched alkanes of at least 4 members (excludes halogenated alkanes) is 3. The minimum absolute atomic E-state index is 0.395. The molecule has 0 spiro atoms. The quantitative estimate of drug-likeness (QED) is 0.539. The second-order valence-electron chi connectivity index (χ2n) is 4.87. The Morgan fingerprint density at radius 3 is 2.87 bits per heavy atom. The average Bonchev–Trinajstić information content (AvgIpc) is 2.23. The first kappa shape index (κ1) is 12.7. The molecule has 1 aliphatic heterocycles. The summed E-state index contributed by atoms with van der Waals surface area (Å²) >= 11 is 0. The first-order chi connectivity index (χ1) is 7.24. The van der Waals surface area contributed by atoms with E-state index in [-0.39, 0.29) is 0 Å². The van der Waals surface area contributed by atoms with E-state index in [2.05, 4.69) is 18.4 Å². The van der Waals surface area contributed by atoms with Gasteiger partial charge in [-0.1, -0.05) is 19.4 Å². The Balaban J connectivity index is 2.04. The molecule has 0 aromatic rings. The summed E-state index contributed by atoms with van der Waals surface area (Å²) in [6.07, 6.45) is 8.38. The smallest absolute Gasteiger partial charge is 0.0194 e. The van der Waals surface area contributed by atoms with Gasteiger partial charge in [0.15, 0.2) is 0 Å². The van der Waals surface area contributed by atoms with Crippen molar-refractivity contribution in [2.24, 2.45) is 11.7 Å². The first-order valence-electron chi connectivity index (χ1n) is 6.33. The molecule has 1 fully saturated rings. The zero-order valence-corrected chi connectivity index (χ0v) is 10.1. The van der Waals surface area contributed by atoms with E-state index >= 15 is 0 Å². The number of hydrogen-bond acceptors (Lipinski definition) is 2. The third-order valence-electron chi connectivity index (χ3n) is 3.48. The van der Waals surface area contributed by atoms with E-state index in [0.29, 0.717) is 12.0 Å².